The molecule has 0 aliphatic rings. The maximum atomic E-state index is 8.95. The number of nitriles is 1. The van der Waals surface area contributed by atoms with Crippen LogP contribution in [0.4, 0.5) is 5.82 Å². The van der Waals surface area contributed by atoms with Gasteiger partial charge in [0.2, 0.25) is 0 Å². The molecule has 0 saturated heterocycles. The fourth-order valence-corrected chi connectivity index (χ4v) is 1.50. The van der Waals surface area contributed by atoms with Crippen molar-refractivity contribution < 1.29 is 0 Å². The predicted molar refractivity (Wildman–Crippen MR) is 57.3 cm³/mol. The van der Waals surface area contributed by atoms with Crippen molar-refractivity contribution in [1.29, 1.82) is 5.26 Å². The smallest absolute Gasteiger partial charge is 0.148 e. The molecule has 14 heavy (non-hydrogen) atoms. The molecule has 0 saturated carbocycles. The van der Waals surface area contributed by atoms with Gasteiger partial charge in [0, 0.05) is 6.54 Å². The topological polar surface area (TPSA) is 61.6 Å². The zero-order valence-electron chi connectivity index (χ0n) is 8.24. The molecule has 0 fully saturated rings. The summed E-state index contributed by atoms with van der Waals surface area (Å²) in [5.41, 5.74) is 0.536. The Hall–Kier alpha value is -1.28. The molecule has 5 heteroatoms. The molecule has 0 atom stereocenters. The van der Waals surface area contributed by atoms with E-state index < -0.39 is 0 Å². The number of nitrogens with one attached hydrogen (secondary N) is 1. The minimum atomic E-state index is 0.536. The second-order valence-electron chi connectivity index (χ2n) is 2.65. The molecule has 0 aliphatic heterocycles. The molecule has 4 nitrogen and oxygen atoms in total. The van der Waals surface area contributed by atoms with Crippen molar-refractivity contribution in [3.05, 3.63) is 11.9 Å². The van der Waals surface area contributed by atoms with Gasteiger partial charge in [-0.25, -0.2) is 9.97 Å². The van der Waals surface area contributed by atoms with Gasteiger partial charge in [0.25, 0.3) is 0 Å². The molecule has 74 valence electrons. The molecular formula is C9H12N4S. The van der Waals surface area contributed by atoms with E-state index in [4.69, 9.17) is 5.26 Å². The summed E-state index contributed by atoms with van der Waals surface area (Å²) >= 11 is 1.45. The van der Waals surface area contributed by atoms with E-state index in [0.717, 1.165) is 18.0 Å². The number of nitrogens with zero attached hydrogens (tertiary/aromatic N) is 3. The zero-order valence-corrected chi connectivity index (χ0v) is 9.06. The minimum absolute atomic E-state index is 0.536. The molecule has 0 unspecified atom stereocenters. The van der Waals surface area contributed by atoms with Crippen LogP contribution in [-0.2, 0) is 0 Å². The number of hydrogen-bond donors (Lipinski definition) is 1. The van der Waals surface area contributed by atoms with E-state index in [2.05, 4.69) is 28.3 Å². The van der Waals surface area contributed by atoms with Crippen LogP contribution in [0.3, 0.4) is 0 Å². The van der Waals surface area contributed by atoms with E-state index in [9.17, 15) is 0 Å². The van der Waals surface area contributed by atoms with Crippen LogP contribution in [0.5, 0.6) is 0 Å². The molecule has 0 bridgehead atoms. The third-order valence-corrected chi connectivity index (χ3v) is 2.36. The maximum Gasteiger partial charge on any atom is 0.148 e. The third-order valence-electron chi connectivity index (χ3n) is 1.66. The zero-order chi connectivity index (χ0) is 10.4. The number of anilines is 1. The standard InChI is InChI=1S/C9H12N4S/c1-3-4-11-8-7(5-10)9(14-2)13-6-12-8/h6H,3-4H2,1-2H3,(H,11,12,13). The van der Waals surface area contributed by atoms with Gasteiger partial charge in [-0.2, -0.15) is 5.26 Å². The van der Waals surface area contributed by atoms with E-state index in [0.29, 0.717) is 11.4 Å². The van der Waals surface area contributed by atoms with Crippen LogP contribution in [0.15, 0.2) is 11.4 Å². The van der Waals surface area contributed by atoms with Crippen molar-refractivity contribution in [2.45, 2.75) is 18.4 Å². The van der Waals surface area contributed by atoms with E-state index in [1.165, 1.54) is 18.1 Å². The summed E-state index contributed by atoms with van der Waals surface area (Å²) in [6.45, 7) is 2.88. The first-order valence-corrected chi connectivity index (χ1v) is 5.58. The van der Waals surface area contributed by atoms with Crippen molar-refractivity contribution in [3.8, 4) is 6.07 Å². The van der Waals surface area contributed by atoms with Crippen LogP contribution in [0.2, 0.25) is 0 Å². The number of aromatic nitrogens is 2. The fourth-order valence-electron chi connectivity index (χ4n) is 1.00. The van der Waals surface area contributed by atoms with Crippen LogP contribution in [0.1, 0.15) is 18.9 Å². The highest BCUT2D eigenvalue weighted by Gasteiger charge is 2.08. The lowest BCUT2D eigenvalue weighted by atomic mass is 10.3. The van der Waals surface area contributed by atoms with Gasteiger partial charge < -0.3 is 5.32 Å². The SMILES string of the molecule is CCCNc1ncnc(SC)c1C#N. The Morgan fingerprint density at radius 2 is 2.36 bits per heavy atom. The molecular weight excluding hydrogens is 196 g/mol. The van der Waals surface area contributed by atoms with Gasteiger partial charge in [-0.15, -0.1) is 11.8 Å². The van der Waals surface area contributed by atoms with Gasteiger partial charge in [0.15, 0.2) is 0 Å². The summed E-state index contributed by atoms with van der Waals surface area (Å²) in [6.07, 6.45) is 4.38. The van der Waals surface area contributed by atoms with Gasteiger partial charge >= 0.3 is 0 Å². The first-order chi connectivity index (χ1) is 6.83. The average Bonchev–Trinajstić information content (AvgIpc) is 2.25. The van der Waals surface area contributed by atoms with Crippen molar-refractivity contribution in [1.82, 2.24) is 9.97 Å². The molecule has 0 radical (unpaired) electrons. The number of hydrogen-bond acceptors (Lipinski definition) is 5. The van der Waals surface area contributed by atoms with Crippen LogP contribution >= 0.6 is 11.8 Å². The van der Waals surface area contributed by atoms with Gasteiger partial charge in [-0.1, -0.05) is 6.92 Å². The van der Waals surface area contributed by atoms with Crippen molar-refractivity contribution >= 4 is 17.6 Å². The van der Waals surface area contributed by atoms with Crippen molar-refractivity contribution in [2.24, 2.45) is 0 Å². The van der Waals surface area contributed by atoms with Crippen molar-refractivity contribution in [2.75, 3.05) is 18.1 Å². The molecule has 1 aromatic heterocycles. The van der Waals surface area contributed by atoms with Crippen LogP contribution < -0.4 is 5.32 Å². The van der Waals surface area contributed by atoms with Gasteiger partial charge in [0.1, 0.15) is 28.8 Å². The Balaban J connectivity index is 2.98. The van der Waals surface area contributed by atoms with E-state index in [-0.39, 0.29) is 0 Å². The minimum Gasteiger partial charge on any atom is -0.369 e. The van der Waals surface area contributed by atoms with Crippen LogP contribution in [-0.4, -0.2) is 22.8 Å². The highest BCUT2D eigenvalue weighted by atomic mass is 32.2. The second kappa shape index (κ2) is 5.45. The largest absolute Gasteiger partial charge is 0.369 e. The lowest BCUT2D eigenvalue weighted by Gasteiger charge is -2.06. The summed E-state index contributed by atoms with van der Waals surface area (Å²) in [5, 5.41) is 12.8. The summed E-state index contributed by atoms with van der Waals surface area (Å²) in [4.78, 5) is 8.06. The summed E-state index contributed by atoms with van der Waals surface area (Å²) in [5.74, 6) is 0.633. The summed E-state index contributed by atoms with van der Waals surface area (Å²) in [6, 6.07) is 2.12. The first-order valence-electron chi connectivity index (χ1n) is 4.36. The molecule has 0 spiro atoms. The second-order valence-corrected chi connectivity index (χ2v) is 3.44. The highest BCUT2D eigenvalue weighted by Crippen LogP contribution is 2.21. The maximum absolute atomic E-state index is 8.95. The van der Waals surface area contributed by atoms with E-state index in [1.807, 2.05) is 6.26 Å². The Kier molecular flexibility index (Phi) is 4.20. The van der Waals surface area contributed by atoms with Crippen LogP contribution in [0.25, 0.3) is 0 Å². The Labute approximate surface area is 87.8 Å². The average molecular weight is 208 g/mol. The van der Waals surface area contributed by atoms with Crippen molar-refractivity contribution in [3.63, 3.8) is 0 Å². The molecule has 0 aromatic carbocycles. The number of thioether (sulfide) groups is 1. The summed E-state index contributed by atoms with van der Waals surface area (Å²) < 4.78 is 0. The predicted octanol–water partition coefficient (Wildman–Crippen LogP) is 1.89. The Bertz CT molecular complexity index is 345. The van der Waals surface area contributed by atoms with E-state index in [1.54, 1.807) is 0 Å². The van der Waals surface area contributed by atoms with E-state index >= 15 is 0 Å². The lowest BCUT2D eigenvalue weighted by Crippen LogP contribution is -2.05. The monoisotopic (exact) mass is 208 g/mol. The third kappa shape index (κ3) is 2.36. The van der Waals surface area contributed by atoms with Gasteiger partial charge in [0.05, 0.1) is 0 Å². The molecule has 1 N–H and O–H groups in total. The fraction of sp³-hybridized carbons (Fsp3) is 0.444. The first kappa shape index (κ1) is 10.8. The van der Waals surface area contributed by atoms with Gasteiger partial charge in [-0.05, 0) is 12.7 Å². The summed E-state index contributed by atoms with van der Waals surface area (Å²) in [7, 11) is 0. The quantitative estimate of drug-likeness (QED) is 0.604. The highest BCUT2D eigenvalue weighted by molar-refractivity contribution is 7.98. The molecule has 1 rings (SSSR count). The molecule has 1 aromatic rings. The lowest BCUT2D eigenvalue weighted by molar-refractivity contribution is 0.948. The normalized spacial score (nSPS) is 9.50. The Morgan fingerprint density at radius 1 is 1.57 bits per heavy atom. The molecule has 1 heterocycles. The molecule has 0 aliphatic carbocycles. The Morgan fingerprint density at radius 3 is 2.93 bits per heavy atom. The van der Waals surface area contributed by atoms with Crippen LogP contribution in [0, 0.1) is 11.3 Å². The van der Waals surface area contributed by atoms with Gasteiger partial charge in [-0.3, -0.25) is 0 Å². The molecule has 0 amide bonds. The number of rotatable bonds is 4.